The Morgan fingerprint density at radius 2 is 2.14 bits per heavy atom. The summed E-state index contributed by atoms with van der Waals surface area (Å²) < 4.78 is 0. The van der Waals surface area contributed by atoms with Gasteiger partial charge in [0.1, 0.15) is 5.82 Å². The van der Waals surface area contributed by atoms with E-state index in [1.807, 2.05) is 6.07 Å². The molecule has 1 atom stereocenters. The third-order valence-corrected chi connectivity index (χ3v) is 4.07. The Balaban J connectivity index is 2.01. The maximum absolute atomic E-state index is 4.80. The molecule has 4 nitrogen and oxygen atoms in total. The molecule has 0 saturated carbocycles. The third-order valence-electron chi connectivity index (χ3n) is 4.07. The van der Waals surface area contributed by atoms with Gasteiger partial charge in [0.05, 0.1) is 5.52 Å². The number of fused-ring (bicyclic) bond motifs is 1. The summed E-state index contributed by atoms with van der Waals surface area (Å²) >= 11 is 0. The van der Waals surface area contributed by atoms with Crippen LogP contribution < -0.4 is 10.2 Å². The highest BCUT2D eigenvalue weighted by molar-refractivity contribution is 5.90. The number of rotatable bonds is 4. The molecule has 2 aromatic rings. The molecule has 3 rings (SSSR count). The minimum atomic E-state index is 0.736. The Hall–Kier alpha value is -1.84. The molecule has 1 saturated heterocycles. The fourth-order valence-electron chi connectivity index (χ4n) is 3.00. The van der Waals surface area contributed by atoms with Gasteiger partial charge in [0.25, 0.3) is 0 Å². The number of hydrogen-bond donors (Lipinski definition) is 1. The van der Waals surface area contributed by atoms with Crippen molar-refractivity contribution in [2.24, 2.45) is 5.92 Å². The Bertz CT molecular complexity index is 611. The zero-order chi connectivity index (χ0) is 14.7. The largest absolute Gasteiger partial charge is 0.356 e. The van der Waals surface area contributed by atoms with Crippen molar-refractivity contribution in [1.82, 2.24) is 9.97 Å². The lowest BCUT2D eigenvalue weighted by Gasteiger charge is -2.32. The number of anilines is 2. The normalized spacial score (nSPS) is 19.0. The van der Waals surface area contributed by atoms with E-state index >= 15 is 0 Å². The molecular formula is C17H24N4. The Labute approximate surface area is 126 Å². The van der Waals surface area contributed by atoms with Crippen LogP contribution in [-0.2, 0) is 0 Å². The highest BCUT2D eigenvalue weighted by Crippen LogP contribution is 2.28. The van der Waals surface area contributed by atoms with Crippen LogP contribution in [0.25, 0.3) is 10.9 Å². The fraction of sp³-hybridized carbons (Fsp3) is 0.529. The van der Waals surface area contributed by atoms with Gasteiger partial charge in [0.2, 0.25) is 5.95 Å². The van der Waals surface area contributed by atoms with E-state index in [9.17, 15) is 0 Å². The van der Waals surface area contributed by atoms with Crippen LogP contribution >= 0.6 is 0 Å². The van der Waals surface area contributed by atoms with Gasteiger partial charge in [-0.25, -0.2) is 4.98 Å². The number of piperidine rings is 1. The molecule has 1 aliphatic rings. The van der Waals surface area contributed by atoms with Crippen LogP contribution in [0.4, 0.5) is 11.8 Å². The lowest BCUT2D eigenvalue weighted by molar-refractivity contribution is 0.445. The summed E-state index contributed by atoms with van der Waals surface area (Å²) in [6.07, 6.45) is 3.64. The molecule has 1 aliphatic heterocycles. The van der Waals surface area contributed by atoms with Crippen LogP contribution in [-0.4, -0.2) is 29.6 Å². The number of para-hydroxylation sites is 1. The summed E-state index contributed by atoms with van der Waals surface area (Å²) in [7, 11) is 0. The van der Waals surface area contributed by atoms with E-state index in [-0.39, 0.29) is 0 Å². The summed E-state index contributed by atoms with van der Waals surface area (Å²) in [4.78, 5) is 11.9. The lowest BCUT2D eigenvalue weighted by atomic mass is 10.00. The molecule has 1 aromatic carbocycles. The molecule has 0 radical (unpaired) electrons. The summed E-state index contributed by atoms with van der Waals surface area (Å²) in [6.45, 7) is 7.58. The number of benzene rings is 1. The zero-order valence-corrected chi connectivity index (χ0v) is 13.0. The molecule has 1 aromatic heterocycles. The first kappa shape index (κ1) is 14.1. The van der Waals surface area contributed by atoms with Crippen LogP contribution in [0.2, 0.25) is 0 Å². The van der Waals surface area contributed by atoms with E-state index < -0.39 is 0 Å². The smallest absolute Gasteiger partial charge is 0.225 e. The lowest BCUT2D eigenvalue weighted by Crippen LogP contribution is -2.35. The van der Waals surface area contributed by atoms with E-state index in [1.165, 1.54) is 12.8 Å². The molecule has 21 heavy (non-hydrogen) atoms. The van der Waals surface area contributed by atoms with Gasteiger partial charge in [-0.3, -0.25) is 0 Å². The number of aromatic nitrogens is 2. The molecule has 0 bridgehead atoms. The van der Waals surface area contributed by atoms with Crippen molar-refractivity contribution < 1.29 is 0 Å². The predicted octanol–water partition coefficient (Wildman–Crippen LogP) is 3.69. The standard InChI is InChI=1S/C17H24N4/c1-3-10-18-17-19-15-9-5-4-8-14(15)16(20-17)21-11-6-7-13(2)12-21/h4-5,8-9,13H,3,6-7,10-12H2,1-2H3,(H,18,19,20). The fourth-order valence-corrected chi connectivity index (χ4v) is 3.00. The average Bonchev–Trinajstić information content (AvgIpc) is 2.52. The molecule has 2 heterocycles. The molecule has 0 spiro atoms. The Morgan fingerprint density at radius 3 is 2.95 bits per heavy atom. The van der Waals surface area contributed by atoms with E-state index in [1.54, 1.807) is 0 Å². The van der Waals surface area contributed by atoms with Crippen LogP contribution in [0, 0.1) is 5.92 Å². The van der Waals surface area contributed by atoms with Crippen LogP contribution in [0.15, 0.2) is 24.3 Å². The number of nitrogens with one attached hydrogen (secondary N) is 1. The first-order valence-electron chi connectivity index (χ1n) is 8.03. The maximum atomic E-state index is 4.80. The number of hydrogen-bond acceptors (Lipinski definition) is 4. The van der Waals surface area contributed by atoms with Crippen molar-refractivity contribution in [3.05, 3.63) is 24.3 Å². The Morgan fingerprint density at radius 1 is 1.29 bits per heavy atom. The van der Waals surface area contributed by atoms with Gasteiger partial charge in [-0.05, 0) is 37.3 Å². The molecule has 4 heteroatoms. The molecule has 0 aliphatic carbocycles. The van der Waals surface area contributed by atoms with Crippen molar-refractivity contribution >= 4 is 22.7 Å². The highest BCUT2D eigenvalue weighted by Gasteiger charge is 2.20. The van der Waals surface area contributed by atoms with E-state index in [0.29, 0.717) is 0 Å². The van der Waals surface area contributed by atoms with Gasteiger partial charge in [0, 0.05) is 25.0 Å². The van der Waals surface area contributed by atoms with Gasteiger partial charge in [-0.1, -0.05) is 26.0 Å². The first-order chi connectivity index (χ1) is 10.3. The van der Waals surface area contributed by atoms with Crippen LogP contribution in [0.1, 0.15) is 33.1 Å². The maximum Gasteiger partial charge on any atom is 0.225 e. The molecule has 1 N–H and O–H groups in total. The van der Waals surface area contributed by atoms with Gasteiger partial charge in [-0.15, -0.1) is 0 Å². The first-order valence-corrected chi connectivity index (χ1v) is 8.03. The minimum Gasteiger partial charge on any atom is -0.356 e. The summed E-state index contributed by atoms with van der Waals surface area (Å²) in [5.41, 5.74) is 1.03. The third kappa shape index (κ3) is 3.09. The van der Waals surface area contributed by atoms with Crippen molar-refractivity contribution in [2.45, 2.75) is 33.1 Å². The second-order valence-electron chi connectivity index (χ2n) is 6.01. The van der Waals surface area contributed by atoms with Crippen LogP contribution in [0.5, 0.6) is 0 Å². The Kier molecular flexibility index (Phi) is 4.23. The second kappa shape index (κ2) is 6.29. The molecule has 1 fully saturated rings. The average molecular weight is 284 g/mol. The quantitative estimate of drug-likeness (QED) is 0.929. The van der Waals surface area contributed by atoms with Crippen molar-refractivity contribution in [3.8, 4) is 0 Å². The number of nitrogens with zero attached hydrogens (tertiary/aromatic N) is 3. The second-order valence-corrected chi connectivity index (χ2v) is 6.01. The molecule has 0 amide bonds. The highest BCUT2D eigenvalue weighted by atomic mass is 15.2. The summed E-state index contributed by atoms with van der Waals surface area (Å²) in [5, 5.41) is 4.49. The topological polar surface area (TPSA) is 41.1 Å². The summed E-state index contributed by atoms with van der Waals surface area (Å²) in [6, 6.07) is 8.32. The van der Waals surface area contributed by atoms with Crippen molar-refractivity contribution in [3.63, 3.8) is 0 Å². The van der Waals surface area contributed by atoms with E-state index in [0.717, 1.165) is 54.6 Å². The van der Waals surface area contributed by atoms with Gasteiger partial charge >= 0.3 is 0 Å². The van der Waals surface area contributed by atoms with Crippen LogP contribution in [0.3, 0.4) is 0 Å². The van der Waals surface area contributed by atoms with Crippen molar-refractivity contribution in [2.75, 3.05) is 29.9 Å². The monoisotopic (exact) mass is 284 g/mol. The molecule has 1 unspecified atom stereocenters. The molecular weight excluding hydrogens is 260 g/mol. The predicted molar refractivity (Wildman–Crippen MR) is 88.9 cm³/mol. The minimum absolute atomic E-state index is 0.736. The van der Waals surface area contributed by atoms with E-state index in [2.05, 4.69) is 47.2 Å². The zero-order valence-electron chi connectivity index (χ0n) is 13.0. The van der Waals surface area contributed by atoms with Crippen molar-refractivity contribution in [1.29, 1.82) is 0 Å². The van der Waals surface area contributed by atoms with Gasteiger partial charge in [-0.2, -0.15) is 4.98 Å². The van der Waals surface area contributed by atoms with Gasteiger partial charge in [0.15, 0.2) is 0 Å². The summed E-state index contributed by atoms with van der Waals surface area (Å²) in [5.74, 6) is 2.58. The SMILES string of the molecule is CCCNc1nc(N2CCCC(C)C2)c2ccccc2n1. The van der Waals surface area contributed by atoms with Gasteiger partial charge < -0.3 is 10.2 Å². The van der Waals surface area contributed by atoms with E-state index in [4.69, 9.17) is 4.98 Å². The molecule has 112 valence electrons.